The van der Waals surface area contributed by atoms with Crippen molar-refractivity contribution < 1.29 is 22.3 Å². The first-order valence-corrected chi connectivity index (χ1v) is 10.5. The van der Waals surface area contributed by atoms with E-state index in [9.17, 15) is 17.6 Å². The van der Waals surface area contributed by atoms with E-state index in [4.69, 9.17) is 16.3 Å². The molecule has 1 heterocycles. The summed E-state index contributed by atoms with van der Waals surface area (Å²) in [7, 11) is -4.06. The Kier molecular flexibility index (Phi) is 5.92. The summed E-state index contributed by atoms with van der Waals surface area (Å²) in [5.74, 6) is -0.778. The maximum Gasteiger partial charge on any atom is 0.263 e. The molecule has 1 fully saturated rings. The summed E-state index contributed by atoms with van der Waals surface area (Å²) in [6.45, 7) is 4.59. The molecule has 6 nitrogen and oxygen atoms in total. The van der Waals surface area contributed by atoms with Crippen LogP contribution in [0.3, 0.4) is 0 Å². The molecule has 3 rings (SSSR count). The highest BCUT2D eigenvalue weighted by Gasteiger charge is 2.28. The van der Waals surface area contributed by atoms with Crippen LogP contribution in [0.15, 0.2) is 47.4 Å². The average Bonchev–Trinajstić information content (AvgIpc) is 2.62. The summed E-state index contributed by atoms with van der Waals surface area (Å²) in [5.41, 5.74) is 0.398. The molecule has 0 aromatic heterocycles. The summed E-state index contributed by atoms with van der Waals surface area (Å²) < 4.78 is 46.5. The van der Waals surface area contributed by atoms with Crippen LogP contribution in [0, 0.1) is 5.82 Å². The second-order valence-corrected chi connectivity index (χ2v) is 8.78. The Morgan fingerprint density at radius 1 is 1.14 bits per heavy atom. The molecule has 0 bridgehead atoms. The number of nitrogens with zero attached hydrogens (tertiary/aromatic N) is 1. The Morgan fingerprint density at radius 3 is 2.36 bits per heavy atom. The molecular weight excluding hydrogens is 407 g/mol. The number of sulfonamides is 1. The van der Waals surface area contributed by atoms with Gasteiger partial charge in [0, 0.05) is 24.3 Å². The SMILES string of the molecule is CC1CN(C(=O)c2ccc(Cl)c(S(=O)(=O)Nc3ccc(F)cc3)c2)CC(C)O1. The molecule has 9 heteroatoms. The van der Waals surface area contributed by atoms with Gasteiger partial charge in [-0.2, -0.15) is 0 Å². The van der Waals surface area contributed by atoms with Crippen molar-refractivity contribution in [2.24, 2.45) is 0 Å². The maximum atomic E-state index is 13.0. The predicted octanol–water partition coefficient (Wildman–Crippen LogP) is 3.53. The fourth-order valence-electron chi connectivity index (χ4n) is 3.10. The van der Waals surface area contributed by atoms with Crippen LogP contribution in [0.2, 0.25) is 5.02 Å². The molecule has 2 aromatic rings. The molecule has 2 unspecified atom stereocenters. The van der Waals surface area contributed by atoms with Crippen molar-refractivity contribution >= 4 is 33.2 Å². The van der Waals surface area contributed by atoms with E-state index in [0.717, 1.165) is 12.1 Å². The van der Waals surface area contributed by atoms with E-state index in [1.165, 1.54) is 30.3 Å². The van der Waals surface area contributed by atoms with Gasteiger partial charge >= 0.3 is 0 Å². The standard InChI is InChI=1S/C19H20ClFN2O4S/c1-12-10-23(11-13(2)27-12)19(24)14-3-8-17(20)18(9-14)28(25,26)22-16-6-4-15(21)5-7-16/h3-9,12-13,22H,10-11H2,1-2H3. The van der Waals surface area contributed by atoms with E-state index in [1.807, 2.05) is 13.8 Å². The number of hydrogen-bond donors (Lipinski definition) is 1. The first-order valence-electron chi connectivity index (χ1n) is 8.68. The van der Waals surface area contributed by atoms with E-state index in [0.29, 0.717) is 13.1 Å². The fraction of sp³-hybridized carbons (Fsp3) is 0.316. The molecular formula is C19H20ClFN2O4S. The van der Waals surface area contributed by atoms with Crippen molar-refractivity contribution in [2.45, 2.75) is 31.0 Å². The van der Waals surface area contributed by atoms with Crippen molar-refractivity contribution in [1.29, 1.82) is 0 Å². The van der Waals surface area contributed by atoms with Crippen LogP contribution in [0.4, 0.5) is 10.1 Å². The predicted molar refractivity (Wildman–Crippen MR) is 105 cm³/mol. The number of benzene rings is 2. The minimum absolute atomic E-state index is 0.0186. The Balaban J connectivity index is 1.88. The second-order valence-electron chi connectivity index (χ2n) is 6.73. The lowest BCUT2D eigenvalue weighted by Gasteiger charge is -2.35. The quantitative estimate of drug-likeness (QED) is 0.811. The molecule has 0 aliphatic carbocycles. The second kappa shape index (κ2) is 8.06. The number of amides is 1. The van der Waals surface area contributed by atoms with Crippen LogP contribution in [-0.4, -0.2) is 44.5 Å². The molecule has 1 saturated heterocycles. The number of ether oxygens (including phenoxy) is 1. The van der Waals surface area contributed by atoms with E-state index < -0.39 is 15.8 Å². The van der Waals surface area contributed by atoms with Gasteiger partial charge in [0.1, 0.15) is 10.7 Å². The molecule has 0 saturated carbocycles. The third-order valence-corrected chi connectivity index (χ3v) is 6.13. The van der Waals surface area contributed by atoms with E-state index in [-0.39, 0.29) is 39.3 Å². The van der Waals surface area contributed by atoms with Crippen LogP contribution < -0.4 is 4.72 Å². The number of rotatable bonds is 4. The molecule has 1 N–H and O–H groups in total. The molecule has 150 valence electrons. The van der Waals surface area contributed by atoms with Crippen LogP contribution in [0.25, 0.3) is 0 Å². The Hall–Kier alpha value is -2.16. The van der Waals surface area contributed by atoms with Gasteiger partial charge in [-0.05, 0) is 56.3 Å². The summed E-state index contributed by atoms with van der Waals surface area (Å²) in [6.07, 6.45) is -0.216. The van der Waals surface area contributed by atoms with Gasteiger partial charge in [-0.1, -0.05) is 11.6 Å². The van der Waals surface area contributed by atoms with E-state index in [1.54, 1.807) is 4.90 Å². The molecule has 0 spiro atoms. The normalized spacial score (nSPS) is 20.1. The van der Waals surface area contributed by atoms with Crippen molar-refractivity contribution in [3.05, 3.63) is 58.9 Å². The van der Waals surface area contributed by atoms with Gasteiger partial charge in [-0.3, -0.25) is 9.52 Å². The van der Waals surface area contributed by atoms with Crippen LogP contribution in [0.5, 0.6) is 0 Å². The summed E-state index contributed by atoms with van der Waals surface area (Å²) in [6, 6.07) is 8.99. The lowest BCUT2D eigenvalue weighted by molar-refractivity contribution is -0.0586. The molecule has 1 aliphatic heterocycles. The number of morpholine rings is 1. The third-order valence-electron chi connectivity index (χ3n) is 4.27. The van der Waals surface area contributed by atoms with E-state index >= 15 is 0 Å². The van der Waals surface area contributed by atoms with Gasteiger partial charge in [0.05, 0.1) is 17.2 Å². The smallest absolute Gasteiger partial charge is 0.263 e. The first-order chi connectivity index (χ1) is 13.2. The van der Waals surface area contributed by atoms with E-state index in [2.05, 4.69) is 4.72 Å². The lowest BCUT2D eigenvalue weighted by Crippen LogP contribution is -2.48. The van der Waals surface area contributed by atoms with Gasteiger partial charge in [0.2, 0.25) is 0 Å². The topological polar surface area (TPSA) is 75.7 Å². The van der Waals surface area contributed by atoms with Crippen molar-refractivity contribution in [3.63, 3.8) is 0 Å². The molecule has 28 heavy (non-hydrogen) atoms. The number of nitrogens with one attached hydrogen (secondary N) is 1. The summed E-state index contributed by atoms with van der Waals surface area (Å²) in [4.78, 5) is 14.3. The minimum Gasteiger partial charge on any atom is -0.372 e. The van der Waals surface area contributed by atoms with Crippen molar-refractivity contribution in [3.8, 4) is 0 Å². The maximum absolute atomic E-state index is 13.0. The largest absolute Gasteiger partial charge is 0.372 e. The highest BCUT2D eigenvalue weighted by atomic mass is 35.5. The number of hydrogen-bond acceptors (Lipinski definition) is 4. The van der Waals surface area contributed by atoms with Crippen LogP contribution >= 0.6 is 11.6 Å². The Bertz CT molecular complexity index is 972. The number of halogens is 2. The number of carbonyl (C=O) groups is 1. The van der Waals surface area contributed by atoms with Gasteiger partial charge in [0.15, 0.2) is 0 Å². The van der Waals surface area contributed by atoms with Gasteiger partial charge in [-0.25, -0.2) is 12.8 Å². The van der Waals surface area contributed by atoms with Crippen LogP contribution in [-0.2, 0) is 14.8 Å². The van der Waals surface area contributed by atoms with Gasteiger partial charge < -0.3 is 9.64 Å². The third kappa shape index (κ3) is 4.63. The molecule has 2 atom stereocenters. The molecule has 2 aromatic carbocycles. The van der Waals surface area contributed by atoms with Crippen molar-refractivity contribution in [1.82, 2.24) is 4.90 Å². The Morgan fingerprint density at radius 2 is 1.75 bits per heavy atom. The highest BCUT2D eigenvalue weighted by molar-refractivity contribution is 7.92. The summed E-state index contributed by atoms with van der Waals surface area (Å²) >= 11 is 6.08. The highest BCUT2D eigenvalue weighted by Crippen LogP contribution is 2.26. The Labute approximate surface area is 168 Å². The molecule has 1 aliphatic rings. The van der Waals surface area contributed by atoms with Crippen molar-refractivity contribution in [2.75, 3.05) is 17.8 Å². The lowest BCUT2D eigenvalue weighted by atomic mass is 10.1. The number of carbonyl (C=O) groups excluding carboxylic acids is 1. The summed E-state index contributed by atoms with van der Waals surface area (Å²) in [5, 5.41) is -0.0186. The fourth-order valence-corrected chi connectivity index (χ4v) is 4.68. The van der Waals surface area contributed by atoms with Gasteiger partial charge in [0.25, 0.3) is 15.9 Å². The zero-order valence-electron chi connectivity index (χ0n) is 15.4. The first kappa shape index (κ1) is 20.6. The number of anilines is 1. The monoisotopic (exact) mass is 426 g/mol. The zero-order chi connectivity index (χ0) is 20.5. The minimum atomic E-state index is -4.06. The molecule has 1 amide bonds. The zero-order valence-corrected chi connectivity index (χ0v) is 16.9. The van der Waals surface area contributed by atoms with Gasteiger partial charge in [-0.15, -0.1) is 0 Å². The average molecular weight is 427 g/mol. The molecule has 0 radical (unpaired) electrons. The van der Waals surface area contributed by atoms with Crippen LogP contribution in [0.1, 0.15) is 24.2 Å².